The van der Waals surface area contributed by atoms with Crippen molar-refractivity contribution in [3.05, 3.63) is 42.1 Å². The van der Waals surface area contributed by atoms with Gasteiger partial charge in [0.1, 0.15) is 12.3 Å². The summed E-state index contributed by atoms with van der Waals surface area (Å²) in [4.78, 5) is 26.5. The Hall–Kier alpha value is -2.61. The van der Waals surface area contributed by atoms with E-state index in [1.165, 1.54) is 12.5 Å². The normalized spacial score (nSPS) is 18.9. The summed E-state index contributed by atoms with van der Waals surface area (Å²) >= 11 is 0. The SMILES string of the molecule is CC(NC(=O)c1ccoc1)C(=O)NC1CCN(Cc2ccnn2C)C1. The molecule has 2 N–H and O–H groups in total. The number of amides is 2. The van der Waals surface area contributed by atoms with Gasteiger partial charge in [0.05, 0.1) is 17.5 Å². The van der Waals surface area contributed by atoms with Crippen LogP contribution in [-0.4, -0.2) is 51.7 Å². The van der Waals surface area contributed by atoms with Crippen LogP contribution >= 0.6 is 0 Å². The highest BCUT2D eigenvalue weighted by Gasteiger charge is 2.26. The van der Waals surface area contributed by atoms with E-state index in [0.717, 1.165) is 31.7 Å². The van der Waals surface area contributed by atoms with Crippen molar-refractivity contribution in [2.45, 2.75) is 32.0 Å². The van der Waals surface area contributed by atoms with E-state index in [1.807, 2.05) is 17.8 Å². The number of nitrogens with zero attached hydrogens (tertiary/aromatic N) is 3. The number of carbonyl (C=O) groups excluding carboxylic acids is 2. The highest BCUT2D eigenvalue weighted by molar-refractivity contribution is 5.97. The second-order valence-corrected chi connectivity index (χ2v) is 6.38. The highest BCUT2D eigenvalue weighted by Crippen LogP contribution is 2.13. The van der Waals surface area contributed by atoms with Crippen molar-refractivity contribution in [3.8, 4) is 0 Å². The fourth-order valence-corrected chi connectivity index (χ4v) is 2.94. The Morgan fingerprint density at radius 2 is 2.28 bits per heavy atom. The van der Waals surface area contributed by atoms with Crippen LogP contribution in [0.2, 0.25) is 0 Å². The van der Waals surface area contributed by atoms with Crippen molar-refractivity contribution in [1.29, 1.82) is 0 Å². The van der Waals surface area contributed by atoms with Gasteiger partial charge in [-0.15, -0.1) is 0 Å². The zero-order valence-electron chi connectivity index (χ0n) is 14.4. The molecule has 1 fully saturated rings. The molecule has 3 rings (SSSR count). The van der Waals surface area contributed by atoms with E-state index >= 15 is 0 Å². The molecule has 8 nitrogen and oxygen atoms in total. The van der Waals surface area contributed by atoms with Gasteiger partial charge < -0.3 is 15.1 Å². The molecular weight excluding hydrogens is 322 g/mol. The van der Waals surface area contributed by atoms with E-state index in [-0.39, 0.29) is 17.9 Å². The number of aryl methyl sites for hydroxylation is 1. The first-order valence-corrected chi connectivity index (χ1v) is 8.35. The summed E-state index contributed by atoms with van der Waals surface area (Å²) in [6.07, 6.45) is 5.46. The Labute approximate surface area is 146 Å². The Bertz CT molecular complexity index is 724. The maximum Gasteiger partial charge on any atom is 0.255 e. The second-order valence-electron chi connectivity index (χ2n) is 6.38. The van der Waals surface area contributed by atoms with Crippen molar-refractivity contribution in [3.63, 3.8) is 0 Å². The quantitative estimate of drug-likeness (QED) is 0.796. The molecule has 0 spiro atoms. The molecule has 25 heavy (non-hydrogen) atoms. The average molecular weight is 345 g/mol. The van der Waals surface area contributed by atoms with E-state index in [9.17, 15) is 9.59 Å². The van der Waals surface area contributed by atoms with Gasteiger partial charge in [-0.05, 0) is 25.5 Å². The number of rotatable bonds is 6. The Morgan fingerprint density at radius 3 is 2.96 bits per heavy atom. The molecule has 2 aromatic rings. The number of hydrogen-bond donors (Lipinski definition) is 2. The third-order valence-corrected chi connectivity index (χ3v) is 4.45. The van der Waals surface area contributed by atoms with Gasteiger partial charge in [0.25, 0.3) is 5.91 Å². The molecule has 0 aliphatic carbocycles. The van der Waals surface area contributed by atoms with Crippen LogP contribution in [0.1, 0.15) is 29.4 Å². The fourth-order valence-electron chi connectivity index (χ4n) is 2.94. The van der Waals surface area contributed by atoms with Crippen LogP contribution in [0.15, 0.2) is 35.3 Å². The summed E-state index contributed by atoms with van der Waals surface area (Å²) in [5.74, 6) is -0.495. The maximum absolute atomic E-state index is 12.3. The molecule has 2 unspecified atom stereocenters. The lowest BCUT2D eigenvalue weighted by molar-refractivity contribution is -0.123. The Balaban J connectivity index is 1.45. The summed E-state index contributed by atoms with van der Waals surface area (Å²) < 4.78 is 6.74. The average Bonchev–Trinajstić information content (AvgIpc) is 3.31. The third-order valence-electron chi connectivity index (χ3n) is 4.45. The van der Waals surface area contributed by atoms with E-state index in [2.05, 4.69) is 20.6 Å². The molecule has 134 valence electrons. The Morgan fingerprint density at radius 1 is 1.44 bits per heavy atom. The number of likely N-dealkylation sites (tertiary alicyclic amines) is 1. The number of aromatic nitrogens is 2. The zero-order valence-corrected chi connectivity index (χ0v) is 14.4. The highest BCUT2D eigenvalue weighted by atomic mass is 16.3. The van der Waals surface area contributed by atoms with Gasteiger partial charge in [-0.25, -0.2) is 0 Å². The first-order chi connectivity index (χ1) is 12.0. The van der Waals surface area contributed by atoms with Crippen LogP contribution in [0.5, 0.6) is 0 Å². The minimum absolute atomic E-state index is 0.0917. The van der Waals surface area contributed by atoms with Crippen LogP contribution in [0.4, 0.5) is 0 Å². The van der Waals surface area contributed by atoms with Crippen molar-refractivity contribution in [2.75, 3.05) is 13.1 Å². The lowest BCUT2D eigenvalue weighted by atomic mass is 10.2. The van der Waals surface area contributed by atoms with Crippen LogP contribution in [0.3, 0.4) is 0 Å². The van der Waals surface area contributed by atoms with E-state index in [1.54, 1.807) is 19.2 Å². The molecule has 0 radical (unpaired) electrons. The molecular formula is C17H23N5O3. The van der Waals surface area contributed by atoms with Crippen LogP contribution in [0.25, 0.3) is 0 Å². The topological polar surface area (TPSA) is 92.4 Å². The lowest BCUT2D eigenvalue weighted by Crippen LogP contribution is -2.48. The minimum atomic E-state index is -0.603. The molecule has 2 atom stereocenters. The number of carbonyl (C=O) groups is 2. The zero-order chi connectivity index (χ0) is 17.8. The molecule has 1 aliphatic heterocycles. The Kier molecular flexibility index (Phi) is 5.18. The predicted molar refractivity (Wildman–Crippen MR) is 90.7 cm³/mol. The van der Waals surface area contributed by atoms with Crippen LogP contribution < -0.4 is 10.6 Å². The molecule has 0 bridgehead atoms. The van der Waals surface area contributed by atoms with Crippen molar-refractivity contribution in [1.82, 2.24) is 25.3 Å². The van der Waals surface area contributed by atoms with E-state index < -0.39 is 6.04 Å². The number of hydrogen-bond acceptors (Lipinski definition) is 5. The van der Waals surface area contributed by atoms with Gasteiger partial charge >= 0.3 is 0 Å². The molecule has 2 amide bonds. The van der Waals surface area contributed by atoms with Gasteiger partial charge in [0.2, 0.25) is 5.91 Å². The molecule has 0 aromatic carbocycles. The number of nitrogens with one attached hydrogen (secondary N) is 2. The van der Waals surface area contributed by atoms with Gasteiger partial charge in [0, 0.05) is 38.9 Å². The van der Waals surface area contributed by atoms with Gasteiger partial charge in [-0.2, -0.15) is 5.10 Å². The van der Waals surface area contributed by atoms with E-state index in [4.69, 9.17) is 4.42 Å². The van der Waals surface area contributed by atoms with Gasteiger partial charge in [-0.3, -0.25) is 19.2 Å². The maximum atomic E-state index is 12.3. The monoisotopic (exact) mass is 345 g/mol. The minimum Gasteiger partial charge on any atom is -0.472 e. The molecule has 1 saturated heterocycles. The summed E-state index contributed by atoms with van der Waals surface area (Å²) in [5.41, 5.74) is 1.55. The third kappa shape index (κ3) is 4.27. The molecule has 2 aromatic heterocycles. The first kappa shape index (κ1) is 17.2. The molecule has 8 heteroatoms. The summed E-state index contributed by atoms with van der Waals surface area (Å²) in [6, 6.07) is 3.05. The number of furan rings is 1. The fraction of sp³-hybridized carbons (Fsp3) is 0.471. The van der Waals surface area contributed by atoms with E-state index in [0.29, 0.717) is 5.56 Å². The molecule has 3 heterocycles. The predicted octanol–water partition coefficient (Wildman–Crippen LogP) is 0.522. The molecule has 0 saturated carbocycles. The summed E-state index contributed by atoms with van der Waals surface area (Å²) in [7, 11) is 1.93. The van der Waals surface area contributed by atoms with Crippen LogP contribution in [-0.2, 0) is 18.4 Å². The first-order valence-electron chi connectivity index (χ1n) is 8.35. The summed E-state index contributed by atoms with van der Waals surface area (Å²) in [6.45, 7) is 4.20. The van der Waals surface area contributed by atoms with Crippen molar-refractivity contribution in [2.24, 2.45) is 7.05 Å². The lowest BCUT2D eigenvalue weighted by Gasteiger charge is -2.19. The van der Waals surface area contributed by atoms with Crippen LogP contribution in [0, 0.1) is 0 Å². The van der Waals surface area contributed by atoms with Crippen molar-refractivity contribution >= 4 is 11.8 Å². The smallest absolute Gasteiger partial charge is 0.255 e. The van der Waals surface area contributed by atoms with Gasteiger partial charge in [-0.1, -0.05) is 0 Å². The second kappa shape index (κ2) is 7.52. The van der Waals surface area contributed by atoms with Gasteiger partial charge in [0.15, 0.2) is 0 Å². The summed E-state index contributed by atoms with van der Waals surface area (Å²) in [5, 5.41) is 9.86. The largest absolute Gasteiger partial charge is 0.472 e. The molecule has 1 aliphatic rings. The standard InChI is InChI=1S/C17H23N5O3/c1-12(19-17(24)13-5-8-25-11-13)16(23)20-14-4-7-22(9-14)10-15-3-6-18-21(15)2/h3,5-6,8,11-12,14H,4,7,9-10H2,1-2H3,(H,19,24)(H,20,23). The van der Waals surface area contributed by atoms with Crippen molar-refractivity contribution < 1.29 is 14.0 Å².